The van der Waals surface area contributed by atoms with Gasteiger partial charge in [0.2, 0.25) is 0 Å². The molecule has 5 heteroatoms. The lowest BCUT2D eigenvalue weighted by Crippen LogP contribution is -2.34. The molecule has 2 aromatic heterocycles. The summed E-state index contributed by atoms with van der Waals surface area (Å²) in [7, 11) is 1.74. The Morgan fingerprint density at radius 1 is 1.32 bits per heavy atom. The zero-order valence-corrected chi connectivity index (χ0v) is 13.2. The number of piperidine rings is 1. The minimum atomic E-state index is 0.454. The SMILES string of the molecule is COCCn1ccnc1CN1CCCC[C@H]1c1cccnc1. The minimum Gasteiger partial charge on any atom is -0.383 e. The Kier molecular flexibility index (Phi) is 5.19. The van der Waals surface area contributed by atoms with Crippen molar-refractivity contribution < 1.29 is 4.74 Å². The fraction of sp³-hybridized carbons (Fsp3) is 0.529. The van der Waals surface area contributed by atoms with Gasteiger partial charge in [0.15, 0.2) is 0 Å². The second kappa shape index (κ2) is 7.51. The number of aromatic nitrogens is 3. The highest BCUT2D eigenvalue weighted by Gasteiger charge is 2.25. The molecular weight excluding hydrogens is 276 g/mol. The van der Waals surface area contributed by atoms with Gasteiger partial charge in [0, 0.05) is 44.5 Å². The minimum absolute atomic E-state index is 0.454. The van der Waals surface area contributed by atoms with Crippen molar-refractivity contribution in [1.29, 1.82) is 0 Å². The van der Waals surface area contributed by atoms with Crippen LogP contribution in [0.15, 0.2) is 36.9 Å². The first-order chi connectivity index (χ1) is 10.9. The van der Waals surface area contributed by atoms with Crippen LogP contribution in [0.3, 0.4) is 0 Å². The van der Waals surface area contributed by atoms with Crippen molar-refractivity contribution in [3.63, 3.8) is 0 Å². The standard InChI is InChI=1S/C17H24N4O/c1-22-12-11-20-10-8-19-17(20)14-21-9-3-2-6-16(21)15-5-4-7-18-13-15/h4-5,7-8,10,13,16H,2-3,6,9,11-12,14H2,1H3/t16-/m0/s1. The Morgan fingerprint density at radius 2 is 2.27 bits per heavy atom. The summed E-state index contributed by atoms with van der Waals surface area (Å²) in [6.07, 6.45) is 11.5. The molecule has 1 fully saturated rings. The van der Waals surface area contributed by atoms with Crippen LogP contribution in [0.4, 0.5) is 0 Å². The summed E-state index contributed by atoms with van der Waals surface area (Å²) in [5, 5.41) is 0. The van der Waals surface area contributed by atoms with Crippen LogP contribution < -0.4 is 0 Å². The second-order valence-electron chi connectivity index (χ2n) is 5.80. The van der Waals surface area contributed by atoms with E-state index < -0.39 is 0 Å². The Bertz CT molecular complexity index is 569. The topological polar surface area (TPSA) is 43.2 Å². The monoisotopic (exact) mass is 300 g/mol. The fourth-order valence-corrected chi connectivity index (χ4v) is 3.20. The molecule has 0 N–H and O–H groups in total. The third-order valence-electron chi connectivity index (χ3n) is 4.37. The Hall–Kier alpha value is -1.72. The molecular formula is C17H24N4O. The molecule has 0 aromatic carbocycles. The van der Waals surface area contributed by atoms with Gasteiger partial charge in [-0.25, -0.2) is 4.98 Å². The first-order valence-corrected chi connectivity index (χ1v) is 8.01. The highest BCUT2D eigenvalue weighted by atomic mass is 16.5. The Balaban J connectivity index is 1.73. The lowest BCUT2D eigenvalue weighted by Gasteiger charge is -2.35. The average Bonchev–Trinajstić information content (AvgIpc) is 3.01. The highest BCUT2D eigenvalue weighted by Crippen LogP contribution is 2.31. The molecule has 118 valence electrons. The van der Waals surface area contributed by atoms with Crippen LogP contribution >= 0.6 is 0 Å². The molecule has 1 atom stereocenters. The van der Waals surface area contributed by atoms with Crippen molar-refractivity contribution in [1.82, 2.24) is 19.4 Å². The van der Waals surface area contributed by atoms with Crippen molar-refractivity contribution in [2.45, 2.75) is 38.4 Å². The number of rotatable bonds is 6. The van der Waals surface area contributed by atoms with Gasteiger partial charge < -0.3 is 9.30 Å². The highest BCUT2D eigenvalue weighted by molar-refractivity contribution is 5.15. The maximum absolute atomic E-state index is 5.18. The van der Waals surface area contributed by atoms with Gasteiger partial charge >= 0.3 is 0 Å². The normalized spacial score (nSPS) is 19.4. The van der Waals surface area contributed by atoms with E-state index in [9.17, 15) is 0 Å². The van der Waals surface area contributed by atoms with Gasteiger partial charge in [-0.15, -0.1) is 0 Å². The molecule has 1 aliphatic heterocycles. The zero-order chi connectivity index (χ0) is 15.2. The van der Waals surface area contributed by atoms with Crippen LogP contribution in [0.1, 0.15) is 36.7 Å². The van der Waals surface area contributed by atoms with Gasteiger partial charge in [-0.1, -0.05) is 12.5 Å². The maximum Gasteiger partial charge on any atom is 0.122 e. The van der Waals surface area contributed by atoms with E-state index in [1.165, 1.54) is 24.8 Å². The lowest BCUT2D eigenvalue weighted by molar-refractivity contribution is 0.132. The number of hydrogen-bond donors (Lipinski definition) is 0. The third kappa shape index (κ3) is 3.54. The molecule has 0 bridgehead atoms. The summed E-state index contributed by atoms with van der Waals surface area (Å²) in [5.74, 6) is 1.12. The summed E-state index contributed by atoms with van der Waals surface area (Å²) >= 11 is 0. The molecule has 5 nitrogen and oxygen atoms in total. The molecule has 0 unspecified atom stereocenters. The number of imidazole rings is 1. The molecule has 3 heterocycles. The first kappa shape index (κ1) is 15.2. The van der Waals surface area contributed by atoms with Gasteiger partial charge in [0.05, 0.1) is 13.2 Å². The summed E-state index contributed by atoms with van der Waals surface area (Å²) in [4.78, 5) is 11.4. The fourth-order valence-electron chi connectivity index (χ4n) is 3.20. The van der Waals surface area contributed by atoms with Crippen LogP contribution in [0.5, 0.6) is 0 Å². The van der Waals surface area contributed by atoms with Gasteiger partial charge in [-0.05, 0) is 31.0 Å². The van der Waals surface area contributed by atoms with Gasteiger partial charge in [-0.3, -0.25) is 9.88 Å². The third-order valence-corrected chi connectivity index (χ3v) is 4.37. The Morgan fingerprint density at radius 3 is 3.09 bits per heavy atom. The molecule has 0 spiro atoms. The number of hydrogen-bond acceptors (Lipinski definition) is 4. The molecule has 0 aliphatic carbocycles. The van der Waals surface area contributed by atoms with Crippen LogP contribution in [-0.2, 0) is 17.8 Å². The van der Waals surface area contributed by atoms with E-state index >= 15 is 0 Å². The van der Waals surface area contributed by atoms with Crippen molar-refractivity contribution >= 4 is 0 Å². The summed E-state index contributed by atoms with van der Waals surface area (Å²) in [6, 6.07) is 4.67. The molecule has 0 radical (unpaired) electrons. The number of pyridine rings is 1. The molecule has 0 amide bonds. The molecule has 2 aromatic rings. The van der Waals surface area contributed by atoms with E-state index in [1.54, 1.807) is 7.11 Å². The largest absolute Gasteiger partial charge is 0.383 e. The second-order valence-corrected chi connectivity index (χ2v) is 5.80. The van der Waals surface area contributed by atoms with E-state index in [-0.39, 0.29) is 0 Å². The summed E-state index contributed by atoms with van der Waals surface area (Å²) in [5.41, 5.74) is 1.32. The first-order valence-electron chi connectivity index (χ1n) is 8.01. The van der Waals surface area contributed by atoms with Crippen molar-refractivity contribution in [2.24, 2.45) is 0 Å². The van der Waals surface area contributed by atoms with E-state index in [4.69, 9.17) is 4.74 Å². The molecule has 1 saturated heterocycles. The number of likely N-dealkylation sites (tertiary alicyclic amines) is 1. The maximum atomic E-state index is 5.18. The number of nitrogens with zero attached hydrogens (tertiary/aromatic N) is 4. The Labute approximate surface area is 131 Å². The lowest BCUT2D eigenvalue weighted by atomic mass is 9.96. The van der Waals surface area contributed by atoms with Crippen LogP contribution in [0.25, 0.3) is 0 Å². The van der Waals surface area contributed by atoms with Gasteiger partial charge in [0.25, 0.3) is 0 Å². The van der Waals surface area contributed by atoms with Crippen LogP contribution in [0.2, 0.25) is 0 Å². The number of methoxy groups -OCH3 is 1. The van der Waals surface area contributed by atoms with Crippen molar-refractivity contribution in [3.8, 4) is 0 Å². The van der Waals surface area contributed by atoms with Crippen LogP contribution in [-0.4, -0.2) is 39.7 Å². The summed E-state index contributed by atoms with van der Waals surface area (Å²) < 4.78 is 7.37. The number of ether oxygens (including phenoxy) is 1. The predicted molar refractivity (Wildman–Crippen MR) is 85.3 cm³/mol. The predicted octanol–water partition coefficient (Wildman–Crippen LogP) is 2.65. The average molecular weight is 300 g/mol. The quantitative estimate of drug-likeness (QED) is 0.822. The van der Waals surface area contributed by atoms with E-state index in [0.717, 1.165) is 32.1 Å². The zero-order valence-electron chi connectivity index (χ0n) is 13.2. The molecule has 1 aliphatic rings. The van der Waals surface area contributed by atoms with E-state index in [0.29, 0.717) is 6.04 Å². The molecule has 3 rings (SSSR count). The molecule has 22 heavy (non-hydrogen) atoms. The smallest absolute Gasteiger partial charge is 0.122 e. The van der Waals surface area contributed by atoms with E-state index in [1.807, 2.05) is 30.9 Å². The molecule has 0 saturated carbocycles. The van der Waals surface area contributed by atoms with Crippen molar-refractivity contribution in [3.05, 3.63) is 48.3 Å². The van der Waals surface area contributed by atoms with Gasteiger partial charge in [-0.2, -0.15) is 0 Å². The summed E-state index contributed by atoms with van der Waals surface area (Å²) in [6.45, 7) is 3.58. The van der Waals surface area contributed by atoms with Crippen molar-refractivity contribution in [2.75, 3.05) is 20.3 Å². The van der Waals surface area contributed by atoms with E-state index in [2.05, 4.69) is 25.5 Å². The van der Waals surface area contributed by atoms with Crippen LogP contribution in [0, 0.1) is 0 Å². The van der Waals surface area contributed by atoms with Gasteiger partial charge in [0.1, 0.15) is 5.82 Å².